The van der Waals surface area contributed by atoms with E-state index >= 15 is 0 Å². The first-order valence-corrected chi connectivity index (χ1v) is 21.2. The van der Waals surface area contributed by atoms with Crippen LogP contribution in [0.15, 0.2) is 0 Å². The molecule has 0 radical (unpaired) electrons. The van der Waals surface area contributed by atoms with Gasteiger partial charge in [0.2, 0.25) is 0 Å². The van der Waals surface area contributed by atoms with Crippen molar-refractivity contribution in [2.45, 2.75) is 92.5 Å². The first kappa shape index (κ1) is 58.0. The molecule has 1 amide bonds. The molecule has 0 fully saturated rings. The van der Waals surface area contributed by atoms with Crippen molar-refractivity contribution in [1.82, 2.24) is 5.32 Å². The molecule has 0 aliphatic heterocycles. The summed E-state index contributed by atoms with van der Waals surface area (Å²) in [5.41, 5.74) is 8.26. The summed E-state index contributed by atoms with van der Waals surface area (Å²) in [6, 6.07) is 0. The van der Waals surface area contributed by atoms with Crippen LogP contribution in [-0.2, 0) is 38.6 Å². The van der Waals surface area contributed by atoms with Gasteiger partial charge in [-0.15, -0.1) is 12.4 Å². The molecule has 0 saturated heterocycles. The molecular formula is C28H64ClN3O11S4. The van der Waals surface area contributed by atoms with Gasteiger partial charge in [0.1, 0.15) is 36.5 Å². The molecule has 14 nitrogen and oxygen atoms in total. The molecule has 288 valence electrons. The zero-order valence-corrected chi connectivity index (χ0v) is 34.9. The Bertz CT molecular complexity index is 948. The van der Waals surface area contributed by atoms with Crippen molar-refractivity contribution in [3.05, 3.63) is 0 Å². The Morgan fingerprint density at radius 2 is 1.02 bits per heavy atom. The summed E-state index contributed by atoms with van der Waals surface area (Å²) < 4.78 is 59.6. The fourth-order valence-corrected chi connectivity index (χ4v) is 3.59. The minimum Gasteiger partial charge on any atom is -0.444 e. The number of carbonyl (C=O) groups excluding carboxylic acids is 3. The zero-order chi connectivity index (χ0) is 37.8. The molecule has 0 rings (SSSR count). The highest BCUT2D eigenvalue weighted by Crippen LogP contribution is 2.11. The van der Waals surface area contributed by atoms with Crippen LogP contribution in [0.5, 0.6) is 0 Å². The number of halogens is 1. The fraction of sp³-hybridized carbons (Fsp3) is 0.893. The summed E-state index contributed by atoms with van der Waals surface area (Å²) in [6.07, 6.45) is 4.73. The third-order valence-corrected chi connectivity index (χ3v) is 6.69. The number of hydrogen-bond donors (Lipinski definition) is 3. The maximum atomic E-state index is 11.0. The van der Waals surface area contributed by atoms with Crippen LogP contribution in [0.25, 0.3) is 0 Å². The summed E-state index contributed by atoms with van der Waals surface area (Å²) in [4.78, 5) is 33.0. The van der Waals surface area contributed by atoms with E-state index in [1.807, 2.05) is 40.2 Å². The lowest BCUT2D eigenvalue weighted by Gasteiger charge is -2.20. The third-order valence-electron chi connectivity index (χ3n) is 3.31. The predicted molar refractivity (Wildman–Crippen MR) is 200 cm³/mol. The maximum Gasteiger partial charge on any atom is 0.519 e. The summed E-state index contributed by atoms with van der Waals surface area (Å²) >= 11 is 3.47. The average molecular weight is 783 g/mol. The van der Waals surface area contributed by atoms with Gasteiger partial charge in [-0.2, -0.15) is 23.5 Å². The van der Waals surface area contributed by atoms with E-state index in [0.29, 0.717) is 12.3 Å². The monoisotopic (exact) mass is 781 g/mol. The van der Waals surface area contributed by atoms with Crippen molar-refractivity contribution in [2.75, 3.05) is 67.7 Å². The summed E-state index contributed by atoms with van der Waals surface area (Å²) in [6.45, 7) is 19.1. The molecular weight excluding hydrogens is 718 g/mol. The molecule has 0 spiro atoms. The van der Waals surface area contributed by atoms with Crippen LogP contribution in [0.2, 0.25) is 0 Å². The fourth-order valence-electron chi connectivity index (χ4n) is 1.88. The molecule has 0 aromatic rings. The molecule has 47 heavy (non-hydrogen) atoms. The van der Waals surface area contributed by atoms with Gasteiger partial charge >= 0.3 is 18.4 Å². The van der Waals surface area contributed by atoms with Crippen molar-refractivity contribution < 1.29 is 50.2 Å². The van der Waals surface area contributed by atoms with E-state index in [2.05, 4.69) is 10.1 Å². The Morgan fingerprint density at radius 3 is 1.19 bits per heavy atom. The van der Waals surface area contributed by atoms with E-state index in [0.717, 1.165) is 24.5 Å². The van der Waals surface area contributed by atoms with Crippen LogP contribution < -0.4 is 16.8 Å². The first-order chi connectivity index (χ1) is 20.5. The number of thioether (sulfide) groups is 2. The highest BCUT2D eigenvalue weighted by molar-refractivity contribution is 7.98. The quantitative estimate of drug-likeness (QED) is 0.122. The number of ether oxygens (including phenoxy) is 4. The Hall–Kier alpha value is -1.18. The van der Waals surface area contributed by atoms with Crippen LogP contribution in [0.3, 0.4) is 0 Å². The molecule has 0 atom stereocenters. The van der Waals surface area contributed by atoms with Crippen molar-refractivity contribution in [1.29, 1.82) is 0 Å². The lowest BCUT2D eigenvalue weighted by molar-refractivity contribution is -0.0294. The lowest BCUT2D eigenvalue weighted by atomic mass is 10.2. The highest BCUT2D eigenvalue weighted by atomic mass is 35.5. The predicted octanol–water partition coefficient (Wildman–Crippen LogP) is 4.91. The van der Waals surface area contributed by atoms with E-state index in [9.17, 15) is 31.2 Å². The summed E-state index contributed by atoms with van der Waals surface area (Å²) in [5.74, 6) is 2.40. The van der Waals surface area contributed by atoms with Crippen LogP contribution in [0, 0.1) is 0 Å². The maximum absolute atomic E-state index is 11.0. The van der Waals surface area contributed by atoms with E-state index in [1.165, 1.54) is 12.5 Å². The summed E-state index contributed by atoms with van der Waals surface area (Å²) in [5, 5.41) is 2.66. The number of rotatable bonds is 9. The number of hydrogen-bond acceptors (Lipinski definition) is 15. The van der Waals surface area contributed by atoms with Gasteiger partial charge in [0.25, 0.3) is 0 Å². The van der Waals surface area contributed by atoms with Gasteiger partial charge in [-0.3, -0.25) is 0 Å². The van der Waals surface area contributed by atoms with Crippen molar-refractivity contribution in [3.63, 3.8) is 0 Å². The number of nitrogens with one attached hydrogen (secondary N) is 1. The van der Waals surface area contributed by atoms with E-state index in [-0.39, 0.29) is 30.8 Å². The van der Waals surface area contributed by atoms with E-state index in [1.54, 1.807) is 65.1 Å². The van der Waals surface area contributed by atoms with E-state index in [4.69, 9.17) is 25.7 Å². The second-order valence-corrected chi connectivity index (χ2v) is 18.8. The third kappa shape index (κ3) is 76.3. The highest BCUT2D eigenvalue weighted by Gasteiger charge is 2.24. The molecule has 0 unspecified atom stereocenters. The van der Waals surface area contributed by atoms with Crippen molar-refractivity contribution in [3.8, 4) is 0 Å². The number of sulfone groups is 2. The number of carbonyl (C=O) groups is 3. The van der Waals surface area contributed by atoms with Crippen molar-refractivity contribution in [2.24, 2.45) is 11.5 Å². The average Bonchev–Trinajstić information content (AvgIpc) is 2.76. The molecule has 5 N–H and O–H groups in total. The molecule has 0 aliphatic rings. The Balaban J connectivity index is -0.000000118. The van der Waals surface area contributed by atoms with Gasteiger partial charge in [0.15, 0.2) is 0 Å². The second kappa shape index (κ2) is 30.8. The standard InChI is InChI=1S/C10H18O5.C8H17NO2S.C4H10O2S.C3H9NO2S.C3H9NS.ClH/c1-9(2,3)14-7(11)13-8(12)15-10(4,5)6;1-8(2,3)11-7(10)9-5-6-12-4;1-3-4-7(2,5)6;1-7(5,6)3-2-4;1-5-3-2-4;/h1-6H3;5-6H2,1-4H3,(H,9,10);3-4H2,1-2H3;2-4H2,1H3;2-4H2,1H3;1H. The van der Waals surface area contributed by atoms with Crippen LogP contribution in [0.4, 0.5) is 14.4 Å². The molecule has 0 aliphatic carbocycles. The number of amides is 1. The molecule has 0 heterocycles. The molecule has 0 aromatic heterocycles. The Labute approximate surface area is 299 Å². The van der Waals surface area contributed by atoms with Crippen molar-refractivity contribution >= 4 is 74.0 Å². The van der Waals surface area contributed by atoms with Crippen LogP contribution in [0.1, 0.15) is 75.7 Å². The first-order valence-electron chi connectivity index (χ1n) is 14.3. The van der Waals surface area contributed by atoms with Gasteiger partial charge in [0, 0.05) is 49.4 Å². The van der Waals surface area contributed by atoms with Gasteiger partial charge in [0.05, 0.1) is 5.75 Å². The number of alkyl carbamates (subject to hydrolysis) is 1. The normalized spacial score (nSPS) is 11.0. The number of nitrogens with two attached hydrogens (primary N) is 2. The van der Waals surface area contributed by atoms with Crippen LogP contribution in [-0.4, -0.2) is 120 Å². The summed E-state index contributed by atoms with van der Waals surface area (Å²) in [7, 11) is -5.47. The minimum atomic E-state index is -2.80. The minimum absolute atomic E-state index is 0. The molecule has 0 saturated carbocycles. The zero-order valence-electron chi connectivity index (χ0n) is 30.8. The van der Waals surface area contributed by atoms with Gasteiger partial charge in [-0.05, 0) is 81.2 Å². The Kier molecular flexibility index (Phi) is 38.1. The lowest BCUT2D eigenvalue weighted by Crippen LogP contribution is -2.33. The smallest absolute Gasteiger partial charge is 0.444 e. The second-order valence-electron chi connectivity index (χ2n) is 12.3. The van der Waals surface area contributed by atoms with E-state index < -0.39 is 48.8 Å². The molecule has 19 heteroatoms. The van der Waals surface area contributed by atoms with Gasteiger partial charge in [-0.1, -0.05) is 6.92 Å². The molecule has 0 aromatic carbocycles. The Morgan fingerprint density at radius 1 is 0.660 bits per heavy atom. The van der Waals surface area contributed by atoms with Gasteiger partial charge in [-0.25, -0.2) is 31.2 Å². The largest absolute Gasteiger partial charge is 0.519 e. The molecule has 0 bridgehead atoms. The topological polar surface area (TPSA) is 220 Å². The van der Waals surface area contributed by atoms with Gasteiger partial charge < -0.3 is 35.7 Å². The SMILES string of the molecule is CC(C)(C)OC(=O)OC(=O)OC(C)(C)C.CCCS(C)(=O)=O.CS(=O)(=O)CCN.CSCCN.CSCCNC(=O)OC(C)(C)C.Cl. The van der Waals surface area contributed by atoms with Crippen LogP contribution >= 0.6 is 35.9 Å².